The summed E-state index contributed by atoms with van der Waals surface area (Å²) >= 11 is 6.12. The number of nitrogens with one attached hydrogen (secondary N) is 1. The molecule has 1 amide bonds. The SMILES string of the molecule is Cc1ccc(C(=O)NCc2nc(-c3ccccc3Cl)no2)cc1N(C)S(C)(=O)=O. The van der Waals surface area contributed by atoms with E-state index in [2.05, 4.69) is 15.5 Å². The maximum Gasteiger partial charge on any atom is 0.251 e. The molecule has 0 bridgehead atoms. The van der Waals surface area contributed by atoms with Crippen LogP contribution >= 0.6 is 11.6 Å². The van der Waals surface area contributed by atoms with Gasteiger partial charge < -0.3 is 9.84 Å². The molecule has 152 valence electrons. The first-order valence-corrected chi connectivity index (χ1v) is 10.8. The van der Waals surface area contributed by atoms with Gasteiger partial charge in [0.05, 0.1) is 23.5 Å². The van der Waals surface area contributed by atoms with Crippen molar-refractivity contribution in [1.82, 2.24) is 15.5 Å². The molecule has 10 heteroatoms. The van der Waals surface area contributed by atoms with E-state index in [-0.39, 0.29) is 12.4 Å². The minimum absolute atomic E-state index is 0.0153. The molecular weight excluding hydrogens is 416 g/mol. The largest absolute Gasteiger partial charge is 0.343 e. The van der Waals surface area contributed by atoms with Crippen LogP contribution in [0.5, 0.6) is 0 Å². The molecule has 0 aliphatic rings. The van der Waals surface area contributed by atoms with Gasteiger partial charge in [-0.15, -0.1) is 0 Å². The van der Waals surface area contributed by atoms with Crippen LogP contribution in [-0.2, 0) is 16.6 Å². The summed E-state index contributed by atoms with van der Waals surface area (Å²) in [6.45, 7) is 1.79. The fourth-order valence-electron chi connectivity index (χ4n) is 2.61. The van der Waals surface area contributed by atoms with Gasteiger partial charge in [-0.1, -0.05) is 35.0 Å². The topological polar surface area (TPSA) is 105 Å². The predicted molar refractivity (Wildman–Crippen MR) is 110 cm³/mol. The highest BCUT2D eigenvalue weighted by atomic mass is 35.5. The molecule has 0 radical (unpaired) electrons. The molecule has 3 aromatic rings. The van der Waals surface area contributed by atoms with E-state index < -0.39 is 15.9 Å². The highest BCUT2D eigenvalue weighted by Gasteiger charge is 2.17. The van der Waals surface area contributed by atoms with Crippen LogP contribution in [-0.4, -0.2) is 37.8 Å². The second kappa shape index (κ2) is 8.22. The van der Waals surface area contributed by atoms with Crippen molar-refractivity contribution >= 4 is 33.2 Å². The summed E-state index contributed by atoms with van der Waals surface area (Å²) in [7, 11) is -2.01. The highest BCUT2D eigenvalue weighted by Crippen LogP contribution is 2.25. The molecule has 3 rings (SSSR count). The van der Waals surface area contributed by atoms with Gasteiger partial charge in [0, 0.05) is 18.2 Å². The van der Waals surface area contributed by atoms with Crippen molar-refractivity contribution < 1.29 is 17.7 Å². The van der Waals surface area contributed by atoms with Crippen LogP contribution in [0.15, 0.2) is 47.0 Å². The van der Waals surface area contributed by atoms with Crippen LogP contribution in [0.25, 0.3) is 11.4 Å². The third kappa shape index (κ3) is 4.75. The van der Waals surface area contributed by atoms with Crippen molar-refractivity contribution in [3.8, 4) is 11.4 Å². The molecule has 1 aromatic heterocycles. The highest BCUT2D eigenvalue weighted by molar-refractivity contribution is 7.92. The third-order valence-corrected chi connectivity index (χ3v) is 5.81. The molecule has 0 saturated carbocycles. The molecule has 0 aliphatic carbocycles. The Labute approximate surface area is 173 Å². The number of aryl methyl sites for hydroxylation is 1. The lowest BCUT2D eigenvalue weighted by molar-refractivity contribution is 0.0946. The summed E-state index contributed by atoms with van der Waals surface area (Å²) in [5.74, 6) is 0.145. The van der Waals surface area contributed by atoms with E-state index in [9.17, 15) is 13.2 Å². The molecule has 1 heterocycles. The Morgan fingerprint density at radius 1 is 1.24 bits per heavy atom. The summed E-state index contributed by atoms with van der Waals surface area (Å²) < 4.78 is 29.9. The van der Waals surface area contributed by atoms with Gasteiger partial charge in [-0.2, -0.15) is 4.98 Å². The fourth-order valence-corrected chi connectivity index (χ4v) is 3.38. The van der Waals surface area contributed by atoms with Crippen molar-refractivity contribution in [2.75, 3.05) is 17.6 Å². The standard InChI is InChI=1S/C19H19ClN4O4S/c1-12-8-9-13(10-16(12)24(2)29(3,26)27)19(25)21-11-17-22-18(23-28-17)14-6-4-5-7-15(14)20/h4-10H,11H2,1-3H3,(H,21,25). The summed E-state index contributed by atoms with van der Waals surface area (Å²) in [4.78, 5) is 16.7. The lowest BCUT2D eigenvalue weighted by atomic mass is 10.1. The van der Waals surface area contributed by atoms with E-state index in [4.69, 9.17) is 16.1 Å². The minimum Gasteiger partial charge on any atom is -0.343 e. The molecule has 0 aliphatic heterocycles. The number of nitrogens with zero attached hydrogens (tertiary/aromatic N) is 3. The Bertz CT molecular complexity index is 1160. The molecule has 0 fully saturated rings. The first kappa shape index (κ1) is 20.8. The minimum atomic E-state index is -3.45. The fraction of sp³-hybridized carbons (Fsp3) is 0.211. The summed E-state index contributed by atoms with van der Waals surface area (Å²) in [5.41, 5.74) is 2.10. The number of hydrogen-bond acceptors (Lipinski definition) is 6. The second-order valence-electron chi connectivity index (χ2n) is 6.41. The number of carbonyl (C=O) groups excluding carboxylic acids is 1. The molecule has 2 aromatic carbocycles. The van der Waals surface area contributed by atoms with Gasteiger partial charge in [-0.25, -0.2) is 8.42 Å². The number of rotatable bonds is 6. The Morgan fingerprint density at radius 3 is 2.66 bits per heavy atom. The van der Waals surface area contributed by atoms with Crippen LogP contribution in [0, 0.1) is 6.92 Å². The summed E-state index contributed by atoms with van der Waals surface area (Å²) in [6, 6.07) is 11.9. The molecule has 0 spiro atoms. The molecule has 8 nitrogen and oxygen atoms in total. The molecule has 1 N–H and O–H groups in total. The Morgan fingerprint density at radius 2 is 1.97 bits per heavy atom. The zero-order valence-electron chi connectivity index (χ0n) is 16.0. The predicted octanol–water partition coefficient (Wildman–Crippen LogP) is 3.02. The van der Waals surface area contributed by atoms with Crippen LogP contribution in [0.4, 0.5) is 5.69 Å². The number of amides is 1. The van der Waals surface area contributed by atoms with Gasteiger partial charge >= 0.3 is 0 Å². The third-order valence-electron chi connectivity index (χ3n) is 4.29. The maximum absolute atomic E-state index is 12.5. The summed E-state index contributed by atoms with van der Waals surface area (Å²) in [5, 5.41) is 7.05. The average molecular weight is 435 g/mol. The van der Waals surface area contributed by atoms with Crippen LogP contribution in [0.3, 0.4) is 0 Å². The van der Waals surface area contributed by atoms with E-state index in [0.717, 1.165) is 16.1 Å². The van der Waals surface area contributed by atoms with Crippen molar-refractivity contribution in [3.63, 3.8) is 0 Å². The molecule has 0 saturated heterocycles. The van der Waals surface area contributed by atoms with Gasteiger partial charge in [0.2, 0.25) is 21.7 Å². The Kier molecular flexibility index (Phi) is 5.90. The van der Waals surface area contributed by atoms with Gasteiger partial charge in [-0.3, -0.25) is 9.10 Å². The average Bonchev–Trinajstić information content (AvgIpc) is 3.14. The molecule has 29 heavy (non-hydrogen) atoms. The zero-order chi connectivity index (χ0) is 21.2. The number of anilines is 1. The molecule has 0 unspecified atom stereocenters. The molecule has 0 atom stereocenters. The van der Waals surface area contributed by atoms with Gasteiger partial charge in [0.25, 0.3) is 5.91 Å². The smallest absolute Gasteiger partial charge is 0.251 e. The van der Waals surface area contributed by atoms with E-state index in [1.807, 2.05) is 6.07 Å². The zero-order valence-corrected chi connectivity index (χ0v) is 17.6. The van der Waals surface area contributed by atoms with Crippen LogP contribution in [0.2, 0.25) is 5.02 Å². The van der Waals surface area contributed by atoms with Crippen molar-refractivity contribution in [3.05, 3.63) is 64.5 Å². The van der Waals surface area contributed by atoms with E-state index in [0.29, 0.717) is 27.7 Å². The number of aromatic nitrogens is 2. The van der Waals surface area contributed by atoms with Gasteiger partial charge in [-0.05, 0) is 36.8 Å². The normalized spacial score (nSPS) is 11.3. The number of halogens is 1. The number of hydrogen-bond donors (Lipinski definition) is 1. The van der Waals surface area contributed by atoms with Gasteiger partial charge in [0.15, 0.2) is 0 Å². The number of benzene rings is 2. The monoisotopic (exact) mass is 434 g/mol. The van der Waals surface area contributed by atoms with Crippen LogP contribution in [0.1, 0.15) is 21.8 Å². The number of sulfonamides is 1. The van der Waals surface area contributed by atoms with Crippen molar-refractivity contribution in [1.29, 1.82) is 0 Å². The van der Waals surface area contributed by atoms with E-state index >= 15 is 0 Å². The first-order chi connectivity index (χ1) is 13.7. The Balaban J connectivity index is 1.73. The first-order valence-electron chi connectivity index (χ1n) is 8.57. The molecular formula is C19H19ClN4O4S. The van der Waals surface area contributed by atoms with Crippen LogP contribution < -0.4 is 9.62 Å². The lowest BCUT2D eigenvalue weighted by Gasteiger charge is -2.19. The number of carbonyl (C=O) groups is 1. The van der Waals surface area contributed by atoms with Crippen molar-refractivity contribution in [2.24, 2.45) is 0 Å². The second-order valence-corrected chi connectivity index (χ2v) is 8.83. The van der Waals surface area contributed by atoms with E-state index in [1.54, 1.807) is 37.3 Å². The lowest BCUT2D eigenvalue weighted by Crippen LogP contribution is -2.27. The van der Waals surface area contributed by atoms with Gasteiger partial charge in [0.1, 0.15) is 0 Å². The maximum atomic E-state index is 12.5. The van der Waals surface area contributed by atoms with Crippen molar-refractivity contribution in [2.45, 2.75) is 13.5 Å². The quantitative estimate of drug-likeness (QED) is 0.639. The summed E-state index contributed by atoms with van der Waals surface area (Å²) in [6.07, 6.45) is 1.10. The Hall–Kier alpha value is -2.91. The van der Waals surface area contributed by atoms with E-state index in [1.165, 1.54) is 13.1 Å².